The molecule has 0 aliphatic carbocycles. The summed E-state index contributed by atoms with van der Waals surface area (Å²) in [4.78, 5) is 11.7. The molecule has 0 atom stereocenters. The number of anilines is 2. The number of hydrogen-bond acceptors (Lipinski definition) is 3. The van der Waals surface area contributed by atoms with Gasteiger partial charge in [-0.1, -0.05) is 26.7 Å². The summed E-state index contributed by atoms with van der Waals surface area (Å²) >= 11 is 0. The number of hydrogen-bond donors (Lipinski definition) is 3. The number of rotatable bonds is 7. The lowest BCUT2D eigenvalue weighted by Gasteiger charge is -2.12. The van der Waals surface area contributed by atoms with Gasteiger partial charge in [0.05, 0.1) is 5.56 Å². The maximum Gasteiger partial charge on any atom is 0.253 e. The molecule has 0 saturated heterocycles. The molecule has 0 aromatic heterocycles. The Morgan fingerprint density at radius 3 is 2.68 bits per heavy atom. The highest BCUT2D eigenvalue weighted by Crippen LogP contribution is 2.19. The summed E-state index contributed by atoms with van der Waals surface area (Å²) in [5.74, 6) is 0.651. The topological polar surface area (TPSA) is 67.2 Å². The van der Waals surface area contributed by atoms with Gasteiger partial charge in [0.2, 0.25) is 0 Å². The summed E-state index contributed by atoms with van der Waals surface area (Å²) in [7, 11) is 1.63. The monoisotopic (exact) mass is 263 g/mol. The highest BCUT2D eigenvalue weighted by atomic mass is 16.1. The zero-order valence-electron chi connectivity index (χ0n) is 12.1. The van der Waals surface area contributed by atoms with Gasteiger partial charge < -0.3 is 16.4 Å². The van der Waals surface area contributed by atoms with E-state index in [1.807, 2.05) is 6.07 Å². The largest absolute Gasteiger partial charge is 0.399 e. The Balaban J connectivity index is 2.56. The van der Waals surface area contributed by atoms with Crippen LogP contribution >= 0.6 is 0 Å². The van der Waals surface area contributed by atoms with Gasteiger partial charge in [-0.25, -0.2) is 0 Å². The summed E-state index contributed by atoms with van der Waals surface area (Å²) in [5.41, 5.74) is 7.88. The SMILES string of the molecule is CNC(=O)c1ccc(N)cc1NCCCCC(C)C. The first kappa shape index (κ1) is 15.3. The standard InChI is InChI=1S/C15H25N3O/c1-11(2)6-4-5-9-18-14-10-12(16)7-8-13(14)15(19)17-3/h7-8,10-11,18H,4-6,9,16H2,1-3H3,(H,17,19). The van der Waals surface area contributed by atoms with E-state index in [9.17, 15) is 4.79 Å². The lowest BCUT2D eigenvalue weighted by Crippen LogP contribution is -2.20. The van der Waals surface area contributed by atoms with E-state index >= 15 is 0 Å². The second-order valence-corrected chi connectivity index (χ2v) is 5.20. The minimum absolute atomic E-state index is 0.0929. The third kappa shape index (κ3) is 5.20. The molecule has 0 unspecified atom stereocenters. The molecule has 0 saturated carbocycles. The van der Waals surface area contributed by atoms with Gasteiger partial charge in [0.15, 0.2) is 0 Å². The Morgan fingerprint density at radius 2 is 2.05 bits per heavy atom. The summed E-state index contributed by atoms with van der Waals surface area (Å²) in [6.45, 7) is 5.32. The average Bonchev–Trinajstić information content (AvgIpc) is 2.37. The van der Waals surface area contributed by atoms with Gasteiger partial charge in [0, 0.05) is 25.0 Å². The predicted octanol–water partition coefficient (Wildman–Crippen LogP) is 2.87. The lowest BCUT2D eigenvalue weighted by atomic mass is 10.1. The van der Waals surface area contributed by atoms with Crippen molar-refractivity contribution >= 4 is 17.3 Å². The van der Waals surface area contributed by atoms with Crippen LogP contribution in [-0.4, -0.2) is 19.5 Å². The van der Waals surface area contributed by atoms with Gasteiger partial charge in [0.1, 0.15) is 0 Å². The predicted molar refractivity (Wildman–Crippen MR) is 81.4 cm³/mol. The van der Waals surface area contributed by atoms with Crippen molar-refractivity contribution in [3.05, 3.63) is 23.8 Å². The molecule has 4 heteroatoms. The van der Waals surface area contributed by atoms with E-state index in [0.717, 1.165) is 24.6 Å². The molecule has 1 aromatic carbocycles. The number of nitrogens with one attached hydrogen (secondary N) is 2. The molecule has 0 bridgehead atoms. The molecule has 0 heterocycles. The van der Waals surface area contributed by atoms with Crippen molar-refractivity contribution in [3.8, 4) is 0 Å². The fraction of sp³-hybridized carbons (Fsp3) is 0.533. The molecule has 0 fully saturated rings. The Morgan fingerprint density at radius 1 is 1.32 bits per heavy atom. The number of benzene rings is 1. The van der Waals surface area contributed by atoms with Gasteiger partial charge in [-0.05, 0) is 30.5 Å². The van der Waals surface area contributed by atoms with Crippen molar-refractivity contribution in [3.63, 3.8) is 0 Å². The molecule has 4 N–H and O–H groups in total. The minimum atomic E-state index is -0.0929. The Bertz CT molecular complexity index is 416. The van der Waals surface area contributed by atoms with Gasteiger partial charge in [-0.2, -0.15) is 0 Å². The molecule has 106 valence electrons. The van der Waals surface area contributed by atoms with Crippen LogP contribution in [0.2, 0.25) is 0 Å². The number of unbranched alkanes of at least 4 members (excludes halogenated alkanes) is 1. The molecule has 19 heavy (non-hydrogen) atoms. The van der Waals surface area contributed by atoms with Gasteiger partial charge in [0.25, 0.3) is 5.91 Å². The third-order valence-electron chi connectivity index (χ3n) is 3.04. The van der Waals surface area contributed by atoms with E-state index in [0.29, 0.717) is 11.3 Å². The van der Waals surface area contributed by atoms with Crippen molar-refractivity contribution < 1.29 is 4.79 Å². The highest BCUT2D eigenvalue weighted by Gasteiger charge is 2.09. The number of nitrogen functional groups attached to an aromatic ring is 1. The van der Waals surface area contributed by atoms with Crippen LogP contribution in [0, 0.1) is 5.92 Å². The van der Waals surface area contributed by atoms with Crippen LogP contribution in [0.1, 0.15) is 43.5 Å². The zero-order chi connectivity index (χ0) is 14.3. The summed E-state index contributed by atoms with van der Waals surface area (Å²) in [6, 6.07) is 5.31. The van der Waals surface area contributed by atoms with Crippen molar-refractivity contribution in [2.75, 3.05) is 24.6 Å². The number of carbonyl (C=O) groups excluding carboxylic acids is 1. The second-order valence-electron chi connectivity index (χ2n) is 5.20. The van der Waals surface area contributed by atoms with Crippen LogP contribution in [0.25, 0.3) is 0 Å². The Hall–Kier alpha value is -1.71. The molecule has 0 radical (unpaired) electrons. The van der Waals surface area contributed by atoms with E-state index in [1.165, 1.54) is 12.8 Å². The van der Waals surface area contributed by atoms with Gasteiger partial charge in [-0.15, -0.1) is 0 Å². The summed E-state index contributed by atoms with van der Waals surface area (Å²) in [6.07, 6.45) is 3.53. The average molecular weight is 263 g/mol. The first-order chi connectivity index (χ1) is 9.04. The van der Waals surface area contributed by atoms with E-state index in [4.69, 9.17) is 5.73 Å². The van der Waals surface area contributed by atoms with E-state index in [-0.39, 0.29) is 5.91 Å². The fourth-order valence-electron chi connectivity index (χ4n) is 1.94. The molecule has 0 aliphatic heterocycles. The molecule has 0 spiro atoms. The molecule has 1 aromatic rings. The quantitative estimate of drug-likeness (QED) is 0.523. The minimum Gasteiger partial charge on any atom is -0.399 e. The lowest BCUT2D eigenvalue weighted by molar-refractivity contribution is 0.0964. The van der Waals surface area contributed by atoms with E-state index in [2.05, 4.69) is 24.5 Å². The van der Waals surface area contributed by atoms with Crippen LogP contribution < -0.4 is 16.4 Å². The number of nitrogens with two attached hydrogens (primary N) is 1. The van der Waals surface area contributed by atoms with Crippen molar-refractivity contribution in [2.45, 2.75) is 33.1 Å². The van der Waals surface area contributed by atoms with Crippen LogP contribution in [0.4, 0.5) is 11.4 Å². The molecule has 4 nitrogen and oxygen atoms in total. The maximum atomic E-state index is 11.7. The number of carbonyl (C=O) groups is 1. The smallest absolute Gasteiger partial charge is 0.253 e. The van der Waals surface area contributed by atoms with Crippen LogP contribution in [0.3, 0.4) is 0 Å². The molecule has 0 aliphatic rings. The molecule has 1 rings (SSSR count). The first-order valence-corrected chi connectivity index (χ1v) is 6.90. The van der Waals surface area contributed by atoms with Crippen molar-refractivity contribution in [2.24, 2.45) is 5.92 Å². The summed E-state index contributed by atoms with van der Waals surface area (Å²) in [5, 5.41) is 5.94. The Labute approximate surface area is 115 Å². The first-order valence-electron chi connectivity index (χ1n) is 6.90. The Kier molecular flexibility index (Phi) is 6.19. The number of amides is 1. The van der Waals surface area contributed by atoms with Crippen molar-refractivity contribution in [1.82, 2.24) is 5.32 Å². The molecule has 1 amide bonds. The fourth-order valence-corrected chi connectivity index (χ4v) is 1.94. The van der Waals surface area contributed by atoms with E-state index < -0.39 is 0 Å². The third-order valence-corrected chi connectivity index (χ3v) is 3.04. The van der Waals surface area contributed by atoms with Crippen molar-refractivity contribution in [1.29, 1.82) is 0 Å². The summed E-state index contributed by atoms with van der Waals surface area (Å²) < 4.78 is 0. The normalized spacial score (nSPS) is 10.5. The molecular weight excluding hydrogens is 238 g/mol. The van der Waals surface area contributed by atoms with Crippen LogP contribution in [-0.2, 0) is 0 Å². The van der Waals surface area contributed by atoms with Crippen LogP contribution in [0.15, 0.2) is 18.2 Å². The van der Waals surface area contributed by atoms with E-state index in [1.54, 1.807) is 19.2 Å². The maximum absolute atomic E-state index is 11.7. The van der Waals surface area contributed by atoms with Crippen LogP contribution in [0.5, 0.6) is 0 Å². The zero-order valence-corrected chi connectivity index (χ0v) is 12.1. The van der Waals surface area contributed by atoms with Gasteiger partial charge in [-0.3, -0.25) is 4.79 Å². The highest BCUT2D eigenvalue weighted by molar-refractivity contribution is 6.00. The van der Waals surface area contributed by atoms with Gasteiger partial charge >= 0.3 is 0 Å². The molecular formula is C15H25N3O. The second kappa shape index (κ2) is 7.67.